The van der Waals surface area contributed by atoms with Gasteiger partial charge in [-0.05, 0) is 17.9 Å². The van der Waals surface area contributed by atoms with Gasteiger partial charge in [-0.2, -0.15) is 0 Å². The van der Waals surface area contributed by atoms with Crippen molar-refractivity contribution in [3.8, 4) is 0 Å². The average molecular weight is 279 g/mol. The van der Waals surface area contributed by atoms with Crippen molar-refractivity contribution in [2.45, 2.75) is 39.8 Å². The van der Waals surface area contributed by atoms with Gasteiger partial charge in [0, 0.05) is 12.1 Å². The van der Waals surface area contributed by atoms with Crippen LogP contribution in [0.4, 0.5) is 5.69 Å². The summed E-state index contributed by atoms with van der Waals surface area (Å²) in [5.74, 6) is -0.267. The highest BCUT2D eigenvalue weighted by Gasteiger charge is 2.28. The Bertz CT molecular complexity index is 509. The van der Waals surface area contributed by atoms with Crippen LogP contribution in [0.1, 0.15) is 39.3 Å². The summed E-state index contributed by atoms with van der Waals surface area (Å²) in [6.45, 7) is 7.42. The summed E-state index contributed by atoms with van der Waals surface area (Å²) in [7, 11) is 0. The fraction of sp³-hybridized carbons (Fsp3) is 0.500. The van der Waals surface area contributed by atoms with Crippen LogP contribution in [-0.2, 0) is 4.79 Å². The number of rotatable bonds is 4. The molecular formula is C14H21N3O3. The van der Waals surface area contributed by atoms with Crippen LogP contribution in [0, 0.1) is 15.5 Å². The van der Waals surface area contributed by atoms with E-state index in [2.05, 4.69) is 5.32 Å². The first-order valence-corrected chi connectivity index (χ1v) is 6.43. The molecule has 1 aromatic carbocycles. The Morgan fingerprint density at radius 3 is 2.50 bits per heavy atom. The first kappa shape index (κ1) is 16.1. The third kappa shape index (κ3) is 4.03. The smallest absolute Gasteiger partial charge is 0.269 e. The van der Waals surface area contributed by atoms with E-state index < -0.39 is 11.0 Å². The monoisotopic (exact) mass is 279 g/mol. The number of amides is 1. The van der Waals surface area contributed by atoms with Gasteiger partial charge < -0.3 is 11.1 Å². The van der Waals surface area contributed by atoms with E-state index in [9.17, 15) is 14.9 Å². The van der Waals surface area contributed by atoms with E-state index in [0.29, 0.717) is 5.56 Å². The standard InChI is InChI=1S/C14H21N3O3/c1-9(16-13(18)12(15)14(2,3)4)10-6-5-7-11(8-10)17(19)20/h5-9,12H,15H2,1-4H3,(H,16,18). The summed E-state index contributed by atoms with van der Waals surface area (Å²) >= 11 is 0. The molecule has 0 aliphatic rings. The molecule has 0 fully saturated rings. The lowest BCUT2D eigenvalue weighted by Crippen LogP contribution is -2.49. The zero-order valence-corrected chi connectivity index (χ0v) is 12.2. The number of nitrogens with two attached hydrogens (primary N) is 1. The lowest BCUT2D eigenvalue weighted by molar-refractivity contribution is -0.384. The Kier molecular flexibility index (Phi) is 4.83. The van der Waals surface area contributed by atoms with Crippen LogP contribution in [0.25, 0.3) is 0 Å². The number of nitro groups is 1. The third-order valence-electron chi connectivity index (χ3n) is 3.16. The third-order valence-corrected chi connectivity index (χ3v) is 3.16. The Labute approximate surface area is 118 Å². The molecule has 1 amide bonds. The van der Waals surface area contributed by atoms with Crippen LogP contribution in [0.15, 0.2) is 24.3 Å². The summed E-state index contributed by atoms with van der Waals surface area (Å²) in [6.07, 6.45) is 0. The van der Waals surface area contributed by atoms with Gasteiger partial charge in [0.1, 0.15) is 0 Å². The predicted octanol–water partition coefficient (Wildman–Crippen LogP) is 2.15. The van der Waals surface area contributed by atoms with E-state index in [1.807, 2.05) is 20.8 Å². The first-order valence-electron chi connectivity index (χ1n) is 6.43. The summed E-state index contributed by atoms with van der Waals surface area (Å²) in [6, 6.07) is 5.23. The molecular weight excluding hydrogens is 258 g/mol. The van der Waals surface area contributed by atoms with Gasteiger partial charge in [-0.1, -0.05) is 32.9 Å². The highest BCUT2D eigenvalue weighted by atomic mass is 16.6. The minimum absolute atomic E-state index is 0.00344. The lowest BCUT2D eigenvalue weighted by Gasteiger charge is -2.27. The highest BCUT2D eigenvalue weighted by Crippen LogP contribution is 2.21. The molecule has 110 valence electrons. The zero-order valence-electron chi connectivity index (χ0n) is 12.2. The minimum atomic E-state index is -0.636. The van der Waals surface area contributed by atoms with Crippen molar-refractivity contribution in [1.82, 2.24) is 5.32 Å². The maximum Gasteiger partial charge on any atom is 0.269 e. The van der Waals surface area contributed by atoms with Crippen molar-refractivity contribution in [2.24, 2.45) is 11.1 Å². The lowest BCUT2D eigenvalue weighted by atomic mass is 9.86. The first-order chi connectivity index (χ1) is 9.12. The maximum absolute atomic E-state index is 12.0. The Morgan fingerprint density at radius 2 is 2.00 bits per heavy atom. The van der Waals surface area contributed by atoms with Gasteiger partial charge in [0.05, 0.1) is 17.0 Å². The van der Waals surface area contributed by atoms with Crippen LogP contribution in [0.5, 0.6) is 0 Å². The highest BCUT2D eigenvalue weighted by molar-refractivity contribution is 5.82. The zero-order chi connectivity index (χ0) is 15.5. The number of hydrogen-bond acceptors (Lipinski definition) is 4. The SMILES string of the molecule is CC(NC(=O)C(N)C(C)(C)C)c1cccc([N+](=O)[O-])c1. The van der Waals surface area contributed by atoms with Gasteiger partial charge in [-0.15, -0.1) is 0 Å². The largest absolute Gasteiger partial charge is 0.348 e. The van der Waals surface area contributed by atoms with E-state index in [1.165, 1.54) is 12.1 Å². The summed E-state index contributed by atoms with van der Waals surface area (Å²) in [4.78, 5) is 22.3. The van der Waals surface area contributed by atoms with Gasteiger partial charge in [0.15, 0.2) is 0 Å². The second-order valence-electron chi connectivity index (χ2n) is 5.93. The van der Waals surface area contributed by atoms with Crippen LogP contribution in [0.2, 0.25) is 0 Å². The molecule has 0 aromatic heterocycles. The Morgan fingerprint density at radius 1 is 1.40 bits per heavy atom. The van der Waals surface area contributed by atoms with Crippen LogP contribution in [-0.4, -0.2) is 16.9 Å². The number of benzene rings is 1. The minimum Gasteiger partial charge on any atom is -0.348 e. The second kappa shape index (κ2) is 6.00. The van der Waals surface area contributed by atoms with Crippen molar-refractivity contribution >= 4 is 11.6 Å². The Balaban J connectivity index is 2.81. The van der Waals surface area contributed by atoms with E-state index >= 15 is 0 Å². The fourth-order valence-corrected chi connectivity index (χ4v) is 1.69. The van der Waals surface area contributed by atoms with Crippen molar-refractivity contribution in [3.05, 3.63) is 39.9 Å². The number of carbonyl (C=O) groups is 1. The molecule has 1 aromatic rings. The maximum atomic E-state index is 12.0. The molecule has 0 aliphatic heterocycles. The molecule has 0 spiro atoms. The van der Waals surface area contributed by atoms with Crippen LogP contribution >= 0.6 is 0 Å². The van der Waals surface area contributed by atoms with Crippen molar-refractivity contribution in [3.63, 3.8) is 0 Å². The number of non-ortho nitro benzene ring substituents is 1. The molecule has 0 heterocycles. The number of nitrogens with one attached hydrogen (secondary N) is 1. The summed E-state index contributed by atoms with van der Waals surface area (Å²) in [5.41, 5.74) is 6.22. The van der Waals surface area contributed by atoms with Crippen molar-refractivity contribution in [1.29, 1.82) is 0 Å². The number of nitro benzene ring substituents is 1. The molecule has 0 bridgehead atoms. The molecule has 20 heavy (non-hydrogen) atoms. The van der Waals surface area contributed by atoms with Gasteiger partial charge in [0.2, 0.25) is 5.91 Å². The van der Waals surface area contributed by atoms with E-state index in [-0.39, 0.29) is 23.1 Å². The van der Waals surface area contributed by atoms with Crippen molar-refractivity contribution in [2.75, 3.05) is 0 Å². The average Bonchev–Trinajstić information content (AvgIpc) is 2.36. The molecule has 2 unspecified atom stereocenters. The summed E-state index contributed by atoms with van der Waals surface area (Å²) in [5, 5.41) is 13.5. The topological polar surface area (TPSA) is 98.3 Å². The number of hydrogen-bond donors (Lipinski definition) is 2. The molecule has 0 radical (unpaired) electrons. The van der Waals surface area contributed by atoms with Gasteiger partial charge >= 0.3 is 0 Å². The fourth-order valence-electron chi connectivity index (χ4n) is 1.69. The molecule has 0 aliphatic carbocycles. The van der Waals surface area contributed by atoms with Gasteiger partial charge in [-0.3, -0.25) is 14.9 Å². The van der Waals surface area contributed by atoms with Crippen LogP contribution < -0.4 is 11.1 Å². The Hall–Kier alpha value is -1.95. The van der Waals surface area contributed by atoms with Gasteiger partial charge in [-0.25, -0.2) is 0 Å². The molecule has 2 atom stereocenters. The predicted molar refractivity (Wildman–Crippen MR) is 77.1 cm³/mol. The number of nitrogens with zero attached hydrogens (tertiary/aromatic N) is 1. The van der Waals surface area contributed by atoms with E-state index in [4.69, 9.17) is 5.73 Å². The van der Waals surface area contributed by atoms with E-state index in [1.54, 1.807) is 19.1 Å². The molecule has 0 saturated carbocycles. The second-order valence-corrected chi connectivity index (χ2v) is 5.93. The quantitative estimate of drug-likeness (QED) is 0.651. The molecule has 0 saturated heterocycles. The molecule has 6 nitrogen and oxygen atoms in total. The number of carbonyl (C=O) groups excluding carboxylic acids is 1. The van der Waals surface area contributed by atoms with Crippen molar-refractivity contribution < 1.29 is 9.72 Å². The molecule has 6 heteroatoms. The molecule has 1 rings (SSSR count). The van der Waals surface area contributed by atoms with Crippen LogP contribution in [0.3, 0.4) is 0 Å². The normalized spacial score (nSPS) is 14.4. The molecule has 3 N–H and O–H groups in total. The van der Waals surface area contributed by atoms with E-state index in [0.717, 1.165) is 0 Å². The van der Waals surface area contributed by atoms with Gasteiger partial charge in [0.25, 0.3) is 5.69 Å². The summed E-state index contributed by atoms with van der Waals surface area (Å²) < 4.78 is 0.